The van der Waals surface area contributed by atoms with E-state index < -0.39 is 0 Å². The summed E-state index contributed by atoms with van der Waals surface area (Å²) in [5, 5.41) is 0. The molecule has 1 amide bonds. The van der Waals surface area contributed by atoms with Crippen LogP contribution in [0.5, 0.6) is 11.5 Å². The van der Waals surface area contributed by atoms with Gasteiger partial charge in [0.2, 0.25) is 5.91 Å². The van der Waals surface area contributed by atoms with Gasteiger partial charge in [0, 0.05) is 19.5 Å². The minimum atomic E-state index is -0.0374. The van der Waals surface area contributed by atoms with Gasteiger partial charge in [0.15, 0.2) is 0 Å². The minimum Gasteiger partial charge on any atom is -0.493 e. The van der Waals surface area contributed by atoms with Crippen LogP contribution in [0.4, 0.5) is 0 Å². The number of benzene rings is 2. The second-order valence-electron chi connectivity index (χ2n) is 6.22. The lowest BCUT2D eigenvalue weighted by Crippen LogP contribution is -2.29. The van der Waals surface area contributed by atoms with Crippen molar-refractivity contribution in [3.8, 4) is 11.5 Å². The zero-order chi connectivity index (χ0) is 17.6. The molecule has 1 heterocycles. The van der Waals surface area contributed by atoms with Crippen LogP contribution < -0.4 is 9.47 Å². The van der Waals surface area contributed by atoms with E-state index in [0.29, 0.717) is 13.2 Å². The fourth-order valence-corrected chi connectivity index (χ4v) is 2.72. The van der Waals surface area contributed by atoms with Gasteiger partial charge in [-0.3, -0.25) is 4.79 Å². The number of carbonyl (C=O) groups excluding carboxylic acids is 1. The van der Waals surface area contributed by atoms with E-state index in [1.54, 1.807) is 18.0 Å². The number of aryl methyl sites for hydroxylation is 1. The highest BCUT2D eigenvalue weighted by Gasteiger charge is 2.11. The maximum atomic E-state index is 12.2. The summed E-state index contributed by atoms with van der Waals surface area (Å²) in [6.07, 6.45) is 4.38. The van der Waals surface area contributed by atoms with Gasteiger partial charge in [0.05, 0.1) is 13.2 Å². The number of hydrogen-bond donors (Lipinski definition) is 0. The van der Waals surface area contributed by atoms with Crippen molar-refractivity contribution in [2.45, 2.75) is 13.3 Å². The smallest absolute Gasteiger partial charge is 0.246 e. The Kier molecular flexibility index (Phi) is 5.39. The molecule has 1 aliphatic heterocycles. The summed E-state index contributed by atoms with van der Waals surface area (Å²) in [6.45, 7) is 3.77. The number of likely N-dealkylation sites (N-methyl/N-ethyl adjacent to an activating group) is 1. The molecule has 4 heteroatoms. The molecule has 130 valence electrons. The summed E-state index contributed by atoms with van der Waals surface area (Å²) in [5.41, 5.74) is 3.38. The van der Waals surface area contributed by atoms with E-state index in [9.17, 15) is 4.79 Å². The Balaban J connectivity index is 1.48. The number of hydrogen-bond acceptors (Lipinski definition) is 3. The first kappa shape index (κ1) is 17.1. The van der Waals surface area contributed by atoms with E-state index in [-0.39, 0.29) is 5.91 Å². The number of nitrogens with zero attached hydrogens (tertiary/aromatic N) is 1. The molecule has 25 heavy (non-hydrogen) atoms. The summed E-state index contributed by atoms with van der Waals surface area (Å²) >= 11 is 0. The topological polar surface area (TPSA) is 38.8 Å². The minimum absolute atomic E-state index is 0.0374. The van der Waals surface area contributed by atoms with Crippen LogP contribution in [0.15, 0.2) is 48.5 Å². The Morgan fingerprint density at radius 3 is 3.00 bits per heavy atom. The first-order valence-corrected chi connectivity index (χ1v) is 8.50. The second kappa shape index (κ2) is 7.88. The molecule has 0 fully saturated rings. The lowest BCUT2D eigenvalue weighted by molar-refractivity contribution is -0.125. The van der Waals surface area contributed by atoms with Crippen molar-refractivity contribution in [2.24, 2.45) is 0 Å². The second-order valence-corrected chi connectivity index (χ2v) is 6.22. The fraction of sp³-hybridized carbons (Fsp3) is 0.286. The molecule has 0 saturated carbocycles. The summed E-state index contributed by atoms with van der Waals surface area (Å²) in [4.78, 5) is 13.9. The highest BCUT2D eigenvalue weighted by Crippen LogP contribution is 2.26. The van der Waals surface area contributed by atoms with Gasteiger partial charge >= 0.3 is 0 Å². The third-order valence-corrected chi connectivity index (χ3v) is 4.19. The molecule has 0 aliphatic carbocycles. The van der Waals surface area contributed by atoms with Gasteiger partial charge in [-0.05, 0) is 54.0 Å². The Hall–Kier alpha value is -2.75. The molecule has 4 nitrogen and oxygen atoms in total. The molecule has 0 bridgehead atoms. The van der Waals surface area contributed by atoms with Gasteiger partial charge in [-0.1, -0.05) is 18.2 Å². The molecule has 0 radical (unpaired) electrons. The molecule has 3 rings (SSSR count). The molecule has 2 aromatic rings. The van der Waals surface area contributed by atoms with Crippen LogP contribution in [0.2, 0.25) is 0 Å². The normalized spacial score (nSPS) is 12.7. The molecule has 0 saturated heterocycles. The Morgan fingerprint density at radius 1 is 1.28 bits per heavy atom. The first-order chi connectivity index (χ1) is 12.1. The van der Waals surface area contributed by atoms with Crippen molar-refractivity contribution in [1.29, 1.82) is 0 Å². The molecule has 0 aromatic heterocycles. The SMILES string of the molecule is Cc1cccc(OCCN(C)C(=O)/C=C/c2ccc3c(c2)CCO3)c1. The molecule has 2 aromatic carbocycles. The standard InChI is InChI=1S/C21H23NO3/c1-16-4-3-5-19(14-16)24-13-11-22(2)21(23)9-7-17-6-8-20-18(15-17)10-12-25-20/h3-9,14-15H,10-13H2,1-2H3/b9-7+. The van der Waals surface area contributed by atoms with E-state index >= 15 is 0 Å². The summed E-state index contributed by atoms with van der Waals surface area (Å²) in [7, 11) is 1.78. The van der Waals surface area contributed by atoms with Gasteiger partial charge in [0.1, 0.15) is 18.1 Å². The third-order valence-electron chi connectivity index (χ3n) is 4.19. The molecule has 1 aliphatic rings. The monoisotopic (exact) mass is 337 g/mol. The molecule has 0 N–H and O–H groups in total. The predicted octanol–water partition coefficient (Wildman–Crippen LogP) is 3.48. The van der Waals surface area contributed by atoms with Crippen LogP contribution in [0.25, 0.3) is 6.08 Å². The van der Waals surface area contributed by atoms with E-state index in [1.165, 1.54) is 5.56 Å². The van der Waals surface area contributed by atoms with Gasteiger partial charge in [-0.25, -0.2) is 0 Å². The summed E-state index contributed by atoms with van der Waals surface area (Å²) in [5.74, 6) is 1.75. The van der Waals surface area contributed by atoms with Gasteiger partial charge in [-0.15, -0.1) is 0 Å². The van der Waals surface area contributed by atoms with Crippen LogP contribution in [0, 0.1) is 6.92 Å². The number of rotatable bonds is 6. The van der Waals surface area contributed by atoms with E-state index in [2.05, 4.69) is 6.07 Å². The van der Waals surface area contributed by atoms with Crippen molar-refractivity contribution in [1.82, 2.24) is 4.90 Å². The van der Waals surface area contributed by atoms with Crippen molar-refractivity contribution in [3.63, 3.8) is 0 Å². The Morgan fingerprint density at radius 2 is 2.16 bits per heavy atom. The number of carbonyl (C=O) groups is 1. The number of ether oxygens (including phenoxy) is 2. The van der Waals surface area contributed by atoms with Crippen molar-refractivity contribution in [3.05, 3.63) is 65.2 Å². The van der Waals surface area contributed by atoms with Crippen molar-refractivity contribution >= 4 is 12.0 Å². The van der Waals surface area contributed by atoms with E-state index in [0.717, 1.165) is 35.7 Å². The van der Waals surface area contributed by atoms with Crippen LogP contribution in [-0.4, -0.2) is 37.6 Å². The van der Waals surface area contributed by atoms with E-state index in [4.69, 9.17) is 9.47 Å². The summed E-state index contributed by atoms with van der Waals surface area (Å²) in [6, 6.07) is 13.9. The average molecular weight is 337 g/mol. The number of fused-ring (bicyclic) bond motifs is 1. The van der Waals surface area contributed by atoms with Gasteiger partial charge in [0.25, 0.3) is 0 Å². The third kappa shape index (κ3) is 4.63. The highest BCUT2D eigenvalue weighted by molar-refractivity contribution is 5.91. The maximum absolute atomic E-state index is 12.2. The molecule has 0 spiro atoms. The van der Waals surface area contributed by atoms with Crippen molar-refractivity contribution in [2.75, 3.05) is 26.8 Å². The lowest BCUT2D eigenvalue weighted by Gasteiger charge is -2.15. The predicted molar refractivity (Wildman–Crippen MR) is 99.0 cm³/mol. The molecule has 0 atom stereocenters. The zero-order valence-electron chi connectivity index (χ0n) is 14.7. The van der Waals surface area contributed by atoms with Crippen LogP contribution >= 0.6 is 0 Å². The zero-order valence-corrected chi connectivity index (χ0v) is 14.7. The first-order valence-electron chi connectivity index (χ1n) is 8.50. The molecular weight excluding hydrogens is 314 g/mol. The quantitative estimate of drug-likeness (QED) is 0.758. The Labute approximate surface area is 148 Å². The average Bonchev–Trinajstić information content (AvgIpc) is 3.07. The van der Waals surface area contributed by atoms with Gasteiger partial charge in [-0.2, -0.15) is 0 Å². The maximum Gasteiger partial charge on any atom is 0.246 e. The molecular formula is C21H23NO3. The van der Waals surface area contributed by atoms with Crippen molar-refractivity contribution < 1.29 is 14.3 Å². The van der Waals surface area contributed by atoms with E-state index in [1.807, 2.05) is 49.4 Å². The fourth-order valence-electron chi connectivity index (χ4n) is 2.72. The van der Waals surface area contributed by atoms with Crippen LogP contribution in [-0.2, 0) is 11.2 Å². The number of amides is 1. The van der Waals surface area contributed by atoms with Crippen LogP contribution in [0.1, 0.15) is 16.7 Å². The lowest BCUT2D eigenvalue weighted by atomic mass is 10.1. The Bertz CT molecular complexity index is 782. The molecule has 0 unspecified atom stereocenters. The van der Waals surface area contributed by atoms with Gasteiger partial charge < -0.3 is 14.4 Å². The summed E-state index contributed by atoms with van der Waals surface area (Å²) < 4.78 is 11.2. The van der Waals surface area contributed by atoms with Crippen LogP contribution in [0.3, 0.4) is 0 Å². The highest BCUT2D eigenvalue weighted by atomic mass is 16.5. The largest absolute Gasteiger partial charge is 0.493 e.